The highest BCUT2D eigenvalue weighted by Crippen LogP contribution is 2.18. The van der Waals surface area contributed by atoms with Gasteiger partial charge in [0.2, 0.25) is 0 Å². The molecule has 0 radical (unpaired) electrons. The van der Waals surface area contributed by atoms with Crippen molar-refractivity contribution in [2.75, 3.05) is 11.9 Å². The third-order valence-corrected chi connectivity index (χ3v) is 3.47. The van der Waals surface area contributed by atoms with Crippen LogP contribution >= 0.6 is 11.6 Å². The van der Waals surface area contributed by atoms with Gasteiger partial charge in [-0.2, -0.15) is 0 Å². The minimum Gasteiger partial charge on any atom is -0.484 e. The minimum absolute atomic E-state index is 0.204. The zero-order valence-corrected chi connectivity index (χ0v) is 13.7. The van der Waals surface area contributed by atoms with Gasteiger partial charge in [0.05, 0.1) is 18.1 Å². The Morgan fingerprint density at radius 1 is 1.04 bits per heavy atom. The molecule has 0 aliphatic carbocycles. The number of benzene rings is 2. The van der Waals surface area contributed by atoms with Gasteiger partial charge in [-0.05, 0) is 48.5 Å². The molecule has 2 aromatic carbocycles. The molecule has 0 saturated heterocycles. The van der Waals surface area contributed by atoms with E-state index in [2.05, 4.69) is 15.3 Å². The number of nitrogens with one attached hydrogen (secondary N) is 1. The predicted molar refractivity (Wildman–Crippen MR) is 93.0 cm³/mol. The van der Waals surface area contributed by atoms with Crippen LogP contribution in [0.5, 0.6) is 5.75 Å². The summed E-state index contributed by atoms with van der Waals surface area (Å²) in [4.78, 5) is 20.3. The fourth-order valence-corrected chi connectivity index (χ4v) is 2.14. The van der Waals surface area contributed by atoms with E-state index >= 15 is 0 Å². The van der Waals surface area contributed by atoms with E-state index in [-0.39, 0.29) is 18.3 Å². The third-order valence-electron chi connectivity index (χ3n) is 3.22. The van der Waals surface area contributed by atoms with Gasteiger partial charge < -0.3 is 10.1 Å². The van der Waals surface area contributed by atoms with Crippen molar-refractivity contribution >= 4 is 23.2 Å². The SMILES string of the molecule is O=C(COc1ccc(F)cc1)Nc1cnc(-c2ccc(Cl)cc2)nc1. The lowest BCUT2D eigenvalue weighted by molar-refractivity contribution is -0.118. The number of amides is 1. The van der Waals surface area contributed by atoms with Crippen LogP contribution in [0.15, 0.2) is 60.9 Å². The number of ether oxygens (including phenoxy) is 1. The molecule has 0 bridgehead atoms. The molecule has 0 saturated carbocycles. The summed E-state index contributed by atoms with van der Waals surface area (Å²) < 4.78 is 18.1. The van der Waals surface area contributed by atoms with E-state index in [1.807, 2.05) is 12.1 Å². The van der Waals surface area contributed by atoms with E-state index in [1.165, 1.54) is 36.7 Å². The molecule has 0 atom stereocenters. The molecule has 0 aliphatic heterocycles. The lowest BCUT2D eigenvalue weighted by Crippen LogP contribution is -2.20. The number of nitrogens with zero attached hydrogens (tertiary/aromatic N) is 2. The molecule has 3 aromatic rings. The standard InChI is InChI=1S/C18H13ClFN3O2/c19-13-3-1-12(2-4-13)18-21-9-15(10-22-18)23-17(24)11-25-16-7-5-14(20)6-8-16/h1-10H,11H2,(H,23,24). The van der Waals surface area contributed by atoms with Crippen molar-refractivity contribution in [3.63, 3.8) is 0 Å². The molecule has 5 nitrogen and oxygen atoms in total. The quantitative estimate of drug-likeness (QED) is 0.750. The predicted octanol–water partition coefficient (Wildman–Crippen LogP) is 3.95. The van der Waals surface area contributed by atoms with E-state index in [1.54, 1.807) is 12.1 Å². The van der Waals surface area contributed by atoms with Crippen LogP contribution in [0.1, 0.15) is 0 Å². The number of aromatic nitrogens is 2. The Labute approximate surface area is 148 Å². The zero-order chi connectivity index (χ0) is 17.6. The van der Waals surface area contributed by atoms with Crippen LogP contribution in [-0.4, -0.2) is 22.5 Å². The number of carbonyl (C=O) groups excluding carboxylic acids is 1. The molecule has 1 aromatic heterocycles. The molecule has 3 rings (SSSR count). The fraction of sp³-hybridized carbons (Fsp3) is 0.0556. The molecule has 25 heavy (non-hydrogen) atoms. The Bertz CT molecular complexity index is 853. The van der Waals surface area contributed by atoms with E-state index in [9.17, 15) is 9.18 Å². The van der Waals surface area contributed by atoms with Gasteiger partial charge in [-0.3, -0.25) is 4.79 Å². The monoisotopic (exact) mass is 357 g/mol. The number of anilines is 1. The second-order valence-corrected chi connectivity index (χ2v) is 5.53. The molecule has 126 valence electrons. The van der Waals surface area contributed by atoms with Crippen molar-refractivity contribution in [3.8, 4) is 17.1 Å². The number of carbonyl (C=O) groups is 1. The Morgan fingerprint density at radius 2 is 1.68 bits per heavy atom. The third kappa shape index (κ3) is 4.74. The Kier molecular flexibility index (Phi) is 5.20. The van der Waals surface area contributed by atoms with Gasteiger partial charge in [0, 0.05) is 10.6 Å². The summed E-state index contributed by atoms with van der Waals surface area (Å²) in [7, 11) is 0. The maximum atomic E-state index is 12.8. The van der Waals surface area contributed by atoms with Crippen molar-refractivity contribution < 1.29 is 13.9 Å². The molecule has 7 heteroatoms. The second kappa shape index (κ2) is 7.72. The maximum Gasteiger partial charge on any atom is 0.262 e. The summed E-state index contributed by atoms with van der Waals surface area (Å²) in [6.45, 7) is -0.204. The Hall–Kier alpha value is -2.99. The van der Waals surface area contributed by atoms with Crippen LogP contribution in [-0.2, 0) is 4.79 Å². The van der Waals surface area contributed by atoms with E-state index in [4.69, 9.17) is 16.3 Å². The maximum absolute atomic E-state index is 12.8. The normalized spacial score (nSPS) is 10.3. The molecule has 1 N–H and O–H groups in total. The van der Waals surface area contributed by atoms with Crippen molar-refractivity contribution in [2.45, 2.75) is 0 Å². The highest BCUT2D eigenvalue weighted by molar-refractivity contribution is 6.30. The van der Waals surface area contributed by atoms with Crippen molar-refractivity contribution in [1.29, 1.82) is 0 Å². The van der Waals surface area contributed by atoms with Gasteiger partial charge in [0.25, 0.3) is 5.91 Å². The molecule has 1 amide bonds. The first-order valence-corrected chi connectivity index (χ1v) is 7.74. The van der Waals surface area contributed by atoms with Crippen LogP contribution in [0, 0.1) is 5.82 Å². The second-order valence-electron chi connectivity index (χ2n) is 5.09. The van der Waals surface area contributed by atoms with Crippen LogP contribution < -0.4 is 10.1 Å². The van der Waals surface area contributed by atoms with Gasteiger partial charge in [0.15, 0.2) is 12.4 Å². The van der Waals surface area contributed by atoms with Gasteiger partial charge >= 0.3 is 0 Å². The number of rotatable bonds is 5. The molecule has 0 unspecified atom stereocenters. The molecule has 0 aliphatic rings. The van der Waals surface area contributed by atoms with Crippen LogP contribution in [0.2, 0.25) is 5.02 Å². The smallest absolute Gasteiger partial charge is 0.262 e. The summed E-state index contributed by atoms with van der Waals surface area (Å²) in [5.41, 5.74) is 1.27. The number of hydrogen-bond acceptors (Lipinski definition) is 4. The zero-order valence-electron chi connectivity index (χ0n) is 12.9. The Balaban J connectivity index is 1.56. The van der Waals surface area contributed by atoms with E-state index in [0.29, 0.717) is 22.3 Å². The Morgan fingerprint density at radius 3 is 2.32 bits per heavy atom. The van der Waals surface area contributed by atoms with Crippen molar-refractivity contribution in [1.82, 2.24) is 9.97 Å². The van der Waals surface area contributed by atoms with Gasteiger partial charge in [-0.1, -0.05) is 11.6 Å². The lowest BCUT2D eigenvalue weighted by atomic mass is 10.2. The first-order chi connectivity index (χ1) is 12.1. The van der Waals surface area contributed by atoms with Crippen molar-refractivity contribution in [3.05, 3.63) is 71.8 Å². The number of hydrogen-bond donors (Lipinski definition) is 1. The van der Waals surface area contributed by atoms with Crippen LogP contribution in [0.25, 0.3) is 11.4 Å². The lowest BCUT2D eigenvalue weighted by Gasteiger charge is -2.07. The molecular weight excluding hydrogens is 345 g/mol. The van der Waals surface area contributed by atoms with E-state index < -0.39 is 0 Å². The van der Waals surface area contributed by atoms with Crippen molar-refractivity contribution in [2.24, 2.45) is 0 Å². The average molecular weight is 358 g/mol. The largest absolute Gasteiger partial charge is 0.484 e. The molecule has 1 heterocycles. The summed E-state index contributed by atoms with van der Waals surface area (Å²) in [6, 6.07) is 12.6. The first-order valence-electron chi connectivity index (χ1n) is 7.36. The first kappa shape index (κ1) is 16.9. The number of halogens is 2. The van der Waals surface area contributed by atoms with Gasteiger partial charge in [0.1, 0.15) is 11.6 Å². The summed E-state index contributed by atoms with van der Waals surface area (Å²) in [5, 5.41) is 3.26. The van der Waals surface area contributed by atoms with E-state index in [0.717, 1.165) is 5.56 Å². The van der Waals surface area contributed by atoms with Crippen LogP contribution in [0.4, 0.5) is 10.1 Å². The topological polar surface area (TPSA) is 64.1 Å². The molecule has 0 spiro atoms. The summed E-state index contributed by atoms with van der Waals surface area (Å²) in [5.74, 6) is 0.199. The highest BCUT2D eigenvalue weighted by atomic mass is 35.5. The minimum atomic E-state index is -0.368. The highest BCUT2D eigenvalue weighted by Gasteiger charge is 2.06. The van der Waals surface area contributed by atoms with Gasteiger partial charge in [-0.15, -0.1) is 0 Å². The molecule has 0 fully saturated rings. The van der Waals surface area contributed by atoms with Crippen LogP contribution in [0.3, 0.4) is 0 Å². The average Bonchev–Trinajstić information content (AvgIpc) is 2.63. The summed E-state index contributed by atoms with van der Waals surface area (Å²) in [6.07, 6.45) is 3.01. The van der Waals surface area contributed by atoms with Gasteiger partial charge in [-0.25, -0.2) is 14.4 Å². The fourth-order valence-electron chi connectivity index (χ4n) is 2.02. The summed E-state index contributed by atoms with van der Waals surface area (Å²) >= 11 is 5.84. The molecular formula is C18H13ClFN3O2.